The van der Waals surface area contributed by atoms with Crippen molar-refractivity contribution in [1.29, 1.82) is 0 Å². The molecule has 0 radical (unpaired) electrons. The van der Waals surface area contributed by atoms with E-state index in [9.17, 15) is 0 Å². The SMILES string of the molecule is COc1ccc2c(c1)c(-c1nn3cc(-c4cccnc4)nc3s1)cn2C. The Morgan fingerprint density at radius 3 is 2.85 bits per heavy atom. The average Bonchev–Trinajstić information content (AvgIpc) is 3.33. The Labute approximate surface area is 153 Å². The van der Waals surface area contributed by atoms with Crippen molar-refractivity contribution in [2.24, 2.45) is 7.05 Å². The molecule has 0 saturated carbocycles. The zero-order valence-corrected chi connectivity index (χ0v) is 15.1. The first-order chi connectivity index (χ1) is 12.7. The standard InChI is InChI=1S/C19H15N5OS/c1-23-10-15(14-8-13(25-2)5-6-17(14)23)18-22-24-11-16(21-19(24)26-18)12-4-3-7-20-9-12/h3-11H,1-2H3. The van der Waals surface area contributed by atoms with Gasteiger partial charge in [-0.3, -0.25) is 4.98 Å². The van der Waals surface area contributed by atoms with Gasteiger partial charge in [0.25, 0.3) is 0 Å². The summed E-state index contributed by atoms with van der Waals surface area (Å²) in [5.41, 5.74) is 4.09. The molecule has 0 atom stereocenters. The van der Waals surface area contributed by atoms with Crippen molar-refractivity contribution in [2.45, 2.75) is 0 Å². The molecule has 6 nitrogen and oxygen atoms in total. The Bertz CT molecular complexity index is 1200. The summed E-state index contributed by atoms with van der Waals surface area (Å²) in [7, 11) is 3.72. The fourth-order valence-corrected chi connectivity index (χ4v) is 4.04. The number of nitrogens with zero attached hydrogens (tertiary/aromatic N) is 5. The molecular weight excluding hydrogens is 346 g/mol. The highest BCUT2D eigenvalue weighted by atomic mass is 32.1. The summed E-state index contributed by atoms with van der Waals surface area (Å²) in [4.78, 5) is 9.71. The quantitative estimate of drug-likeness (QED) is 0.487. The summed E-state index contributed by atoms with van der Waals surface area (Å²) >= 11 is 1.57. The van der Waals surface area contributed by atoms with Gasteiger partial charge < -0.3 is 9.30 Å². The lowest BCUT2D eigenvalue weighted by Gasteiger charge is -2.01. The number of ether oxygens (including phenoxy) is 1. The summed E-state index contributed by atoms with van der Waals surface area (Å²) in [5, 5.41) is 6.80. The Hall–Kier alpha value is -3.19. The van der Waals surface area contributed by atoms with Crippen LogP contribution in [0.15, 0.2) is 55.1 Å². The minimum atomic E-state index is 0.838. The van der Waals surface area contributed by atoms with Gasteiger partial charge in [0, 0.05) is 47.7 Å². The fraction of sp³-hybridized carbons (Fsp3) is 0.105. The van der Waals surface area contributed by atoms with Crippen LogP contribution in [-0.4, -0.2) is 31.3 Å². The lowest BCUT2D eigenvalue weighted by atomic mass is 10.2. The highest BCUT2D eigenvalue weighted by molar-refractivity contribution is 7.20. The van der Waals surface area contributed by atoms with Crippen molar-refractivity contribution >= 4 is 27.2 Å². The van der Waals surface area contributed by atoms with E-state index in [0.717, 1.165) is 43.4 Å². The van der Waals surface area contributed by atoms with Crippen LogP contribution in [0.4, 0.5) is 0 Å². The van der Waals surface area contributed by atoms with E-state index in [4.69, 9.17) is 14.8 Å². The molecule has 0 N–H and O–H groups in total. The van der Waals surface area contributed by atoms with E-state index < -0.39 is 0 Å². The summed E-state index contributed by atoms with van der Waals surface area (Å²) in [5.74, 6) is 0.838. The van der Waals surface area contributed by atoms with E-state index in [-0.39, 0.29) is 0 Å². The third kappa shape index (κ3) is 2.28. The normalized spacial score (nSPS) is 11.5. The summed E-state index contributed by atoms with van der Waals surface area (Å²) in [6, 6.07) is 10.00. The number of hydrogen-bond acceptors (Lipinski definition) is 5. The maximum atomic E-state index is 5.38. The van der Waals surface area contributed by atoms with Crippen molar-refractivity contribution in [1.82, 2.24) is 24.1 Å². The molecule has 0 aliphatic heterocycles. The van der Waals surface area contributed by atoms with Crippen molar-refractivity contribution in [3.05, 3.63) is 55.1 Å². The molecule has 0 aliphatic carbocycles. The molecule has 7 heteroatoms. The summed E-state index contributed by atoms with van der Waals surface area (Å²) < 4.78 is 9.32. The van der Waals surface area contributed by atoms with E-state index in [1.807, 2.05) is 42.2 Å². The number of aryl methyl sites for hydroxylation is 1. The molecule has 128 valence electrons. The van der Waals surface area contributed by atoms with E-state index in [2.05, 4.69) is 27.9 Å². The molecule has 4 aromatic heterocycles. The van der Waals surface area contributed by atoms with Crippen LogP contribution in [-0.2, 0) is 7.05 Å². The van der Waals surface area contributed by atoms with Crippen molar-refractivity contribution in [2.75, 3.05) is 7.11 Å². The van der Waals surface area contributed by atoms with Gasteiger partial charge >= 0.3 is 0 Å². The summed E-state index contributed by atoms with van der Waals surface area (Å²) in [6.07, 6.45) is 7.61. The van der Waals surface area contributed by atoms with Gasteiger partial charge in [-0.25, -0.2) is 9.50 Å². The predicted octanol–water partition coefficient (Wildman–Crippen LogP) is 4.02. The Balaban J connectivity index is 1.63. The number of methoxy groups -OCH3 is 1. The number of fused-ring (bicyclic) bond motifs is 2. The van der Waals surface area contributed by atoms with Crippen LogP contribution in [0.5, 0.6) is 5.75 Å². The number of benzene rings is 1. The lowest BCUT2D eigenvalue weighted by Crippen LogP contribution is -1.85. The number of imidazole rings is 1. The minimum absolute atomic E-state index is 0.838. The lowest BCUT2D eigenvalue weighted by molar-refractivity contribution is 0.415. The van der Waals surface area contributed by atoms with Gasteiger partial charge in [0.2, 0.25) is 4.96 Å². The minimum Gasteiger partial charge on any atom is -0.497 e. The number of hydrogen-bond donors (Lipinski definition) is 0. The van der Waals surface area contributed by atoms with Crippen molar-refractivity contribution < 1.29 is 4.74 Å². The van der Waals surface area contributed by atoms with Gasteiger partial charge in [0.05, 0.1) is 19.0 Å². The van der Waals surface area contributed by atoms with Gasteiger partial charge in [-0.2, -0.15) is 5.10 Å². The molecule has 0 fully saturated rings. The second kappa shape index (κ2) is 5.67. The maximum Gasteiger partial charge on any atom is 0.213 e. The van der Waals surface area contributed by atoms with Gasteiger partial charge in [0.15, 0.2) is 0 Å². The zero-order valence-electron chi connectivity index (χ0n) is 14.2. The molecule has 0 aliphatic rings. The van der Waals surface area contributed by atoms with Crippen LogP contribution in [0, 0.1) is 0 Å². The molecule has 5 rings (SSSR count). The highest BCUT2D eigenvalue weighted by Gasteiger charge is 2.16. The third-order valence-electron chi connectivity index (χ3n) is 4.43. The molecule has 0 spiro atoms. The molecule has 0 unspecified atom stereocenters. The van der Waals surface area contributed by atoms with Gasteiger partial charge in [0.1, 0.15) is 10.8 Å². The number of rotatable bonds is 3. The van der Waals surface area contributed by atoms with Gasteiger partial charge in [-0.15, -0.1) is 0 Å². The second-order valence-electron chi connectivity index (χ2n) is 6.04. The monoisotopic (exact) mass is 361 g/mol. The zero-order chi connectivity index (χ0) is 17.7. The van der Waals surface area contributed by atoms with Crippen LogP contribution in [0.1, 0.15) is 0 Å². The largest absolute Gasteiger partial charge is 0.497 e. The van der Waals surface area contributed by atoms with Crippen LogP contribution in [0.2, 0.25) is 0 Å². The van der Waals surface area contributed by atoms with Crippen LogP contribution < -0.4 is 4.74 Å². The number of pyridine rings is 1. The Kier molecular flexibility index (Phi) is 3.29. The van der Waals surface area contributed by atoms with E-state index in [1.165, 1.54) is 0 Å². The van der Waals surface area contributed by atoms with Crippen LogP contribution >= 0.6 is 11.3 Å². The third-order valence-corrected chi connectivity index (χ3v) is 5.38. The highest BCUT2D eigenvalue weighted by Crippen LogP contribution is 2.35. The molecular formula is C19H15N5OS. The van der Waals surface area contributed by atoms with E-state index in [0.29, 0.717) is 0 Å². The fourth-order valence-electron chi connectivity index (χ4n) is 3.13. The maximum absolute atomic E-state index is 5.38. The molecule has 0 bridgehead atoms. The van der Waals surface area contributed by atoms with Gasteiger partial charge in [-0.1, -0.05) is 11.3 Å². The Morgan fingerprint density at radius 1 is 1.15 bits per heavy atom. The topological polar surface area (TPSA) is 57.2 Å². The van der Waals surface area contributed by atoms with Crippen molar-refractivity contribution in [3.63, 3.8) is 0 Å². The molecule has 0 saturated heterocycles. The molecule has 5 aromatic rings. The second-order valence-corrected chi connectivity index (χ2v) is 6.99. The van der Waals surface area contributed by atoms with E-state index >= 15 is 0 Å². The molecule has 0 amide bonds. The van der Waals surface area contributed by atoms with Crippen molar-refractivity contribution in [3.8, 4) is 27.6 Å². The number of aromatic nitrogens is 5. The first-order valence-corrected chi connectivity index (χ1v) is 8.94. The summed E-state index contributed by atoms with van der Waals surface area (Å²) in [6.45, 7) is 0. The molecule has 4 heterocycles. The predicted molar refractivity (Wildman–Crippen MR) is 103 cm³/mol. The smallest absolute Gasteiger partial charge is 0.213 e. The van der Waals surface area contributed by atoms with Crippen LogP contribution in [0.25, 0.3) is 37.7 Å². The average molecular weight is 361 g/mol. The first kappa shape index (κ1) is 15.1. The molecule has 26 heavy (non-hydrogen) atoms. The Morgan fingerprint density at radius 2 is 2.08 bits per heavy atom. The van der Waals surface area contributed by atoms with Gasteiger partial charge in [-0.05, 0) is 30.3 Å². The van der Waals surface area contributed by atoms with E-state index in [1.54, 1.807) is 24.6 Å². The van der Waals surface area contributed by atoms with Crippen LogP contribution in [0.3, 0.4) is 0 Å². The molecule has 1 aromatic carbocycles. The first-order valence-electron chi connectivity index (χ1n) is 8.13.